The van der Waals surface area contributed by atoms with E-state index in [9.17, 15) is 0 Å². The van der Waals surface area contributed by atoms with Gasteiger partial charge >= 0.3 is 0 Å². The van der Waals surface area contributed by atoms with Crippen LogP contribution >= 0.6 is 0 Å². The molecule has 26 heavy (non-hydrogen) atoms. The molecule has 7 nitrogen and oxygen atoms in total. The molecule has 0 spiro atoms. The molecule has 0 atom stereocenters. The summed E-state index contributed by atoms with van der Waals surface area (Å²) in [6.45, 7) is 13.0. The Balaban J connectivity index is 1.55. The maximum Gasteiger partial charge on any atom is 0.240 e. The molecule has 0 N–H and O–H groups in total. The number of anilines is 1. The number of aromatic nitrogens is 4. The van der Waals surface area contributed by atoms with Gasteiger partial charge in [-0.2, -0.15) is 4.98 Å². The van der Waals surface area contributed by atoms with Gasteiger partial charge in [0, 0.05) is 50.3 Å². The highest BCUT2D eigenvalue weighted by molar-refractivity contribution is 5.40. The summed E-state index contributed by atoms with van der Waals surface area (Å²) in [6.07, 6.45) is 3.15. The van der Waals surface area contributed by atoms with Gasteiger partial charge in [0.1, 0.15) is 11.6 Å². The van der Waals surface area contributed by atoms with Crippen LogP contribution in [0.2, 0.25) is 0 Å². The quantitative estimate of drug-likeness (QED) is 0.753. The van der Waals surface area contributed by atoms with Gasteiger partial charge in [0.2, 0.25) is 5.89 Å². The Labute approximate surface area is 155 Å². The average molecular weight is 358 g/mol. The molecule has 2 aromatic heterocycles. The molecule has 142 valence electrons. The van der Waals surface area contributed by atoms with Crippen molar-refractivity contribution in [1.29, 1.82) is 0 Å². The van der Waals surface area contributed by atoms with Crippen LogP contribution in [0.3, 0.4) is 0 Å². The van der Waals surface area contributed by atoms with Gasteiger partial charge in [0.15, 0.2) is 5.82 Å². The second-order valence-corrected chi connectivity index (χ2v) is 7.35. The van der Waals surface area contributed by atoms with Crippen LogP contribution in [-0.4, -0.2) is 51.2 Å². The minimum atomic E-state index is 0.342. The normalized spacial score (nSPS) is 15.8. The molecule has 0 aliphatic carbocycles. The first kappa shape index (κ1) is 18.8. The van der Waals surface area contributed by atoms with E-state index in [4.69, 9.17) is 9.51 Å². The molecule has 0 saturated carbocycles. The fourth-order valence-electron chi connectivity index (χ4n) is 3.11. The highest BCUT2D eigenvalue weighted by Crippen LogP contribution is 2.19. The third kappa shape index (κ3) is 4.78. The van der Waals surface area contributed by atoms with E-state index in [-0.39, 0.29) is 0 Å². The molecule has 1 saturated heterocycles. The van der Waals surface area contributed by atoms with Crippen LogP contribution in [0.4, 0.5) is 5.82 Å². The third-order valence-electron chi connectivity index (χ3n) is 4.69. The maximum absolute atomic E-state index is 5.40. The summed E-state index contributed by atoms with van der Waals surface area (Å²) in [4.78, 5) is 18.5. The molecule has 1 fully saturated rings. The van der Waals surface area contributed by atoms with E-state index in [1.54, 1.807) is 0 Å². The Bertz CT molecular complexity index is 706. The van der Waals surface area contributed by atoms with Crippen molar-refractivity contribution >= 4 is 5.82 Å². The topological polar surface area (TPSA) is 71.2 Å². The zero-order chi connectivity index (χ0) is 18.5. The van der Waals surface area contributed by atoms with Crippen LogP contribution in [0.5, 0.6) is 0 Å². The SMILES string of the molecule is CCCCc1noc(CN2CCN(c3cc(C)nc(C(C)C)n3)CC2)n1. The van der Waals surface area contributed by atoms with Crippen LogP contribution in [-0.2, 0) is 13.0 Å². The molecule has 3 rings (SSSR count). The first-order valence-corrected chi connectivity index (χ1v) is 9.69. The lowest BCUT2D eigenvalue weighted by atomic mass is 10.2. The van der Waals surface area contributed by atoms with Gasteiger partial charge in [-0.15, -0.1) is 0 Å². The van der Waals surface area contributed by atoms with Crippen molar-refractivity contribution < 1.29 is 4.52 Å². The second-order valence-electron chi connectivity index (χ2n) is 7.35. The van der Waals surface area contributed by atoms with Crippen LogP contribution in [0, 0.1) is 6.92 Å². The monoisotopic (exact) mass is 358 g/mol. The Morgan fingerprint density at radius 3 is 2.58 bits per heavy atom. The Morgan fingerprint density at radius 2 is 1.88 bits per heavy atom. The molecule has 0 unspecified atom stereocenters. The Hall–Kier alpha value is -2.02. The number of nitrogens with zero attached hydrogens (tertiary/aromatic N) is 6. The van der Waals surface area contributed by atoms with Crippen molar-refractivity contribution in [3.05, 3.63) is 29.3 Å². The van der Waals surface area contributed by atoms with Gasteiger partial charge in [-0.05, 0) is 13.3 Å². The molecular formula is C19H30N6O. The third-order valence-corrected chi connectivity index (χ3v) is 4.69. The van der Waals surface area contributed by atoms with E-state index in [2.05, 4.69) is 51.8 Å². The van der Waals surface area contributed by atoms with Gasteiger partial charge in [0.05, 0.1) is 6.54 Å². The van der Waals surface area contributed by atoms with Crippen molar-refractivity contribution in [2.75, 3.05) is 31.1 Å². The predicted molar refractivity (Wildman–Crippen MR) is 101 cm³/mol. The van der Waals surface area contributed by atoms with Crippen molar-refractivity contribution in [3.8, 4) is 0 Å². The van der Waals surface area contributed by atoms with Crippen LogP contribution in [0.25, 0.3) is 0 Å². The average Bonchev–Trinajstić information content (AvgIpc) is 3.07. The lowest BCUT2D eigenvalue weighted by molar-refractivity contribution is 0.215. The highest BCUT2D eigenvalue weighted by Gasteiger charge is 2.21. The van der Waals surface area contributed by atoms with Crippen LogP contribution in [0.1, 0.15) is 62.8 Å². The predicted octanol–water partition coefficient (Wildman–Crippen LogP) is 2.96. The minimum absolute atomic E-state index is 0.342. The standard InChI is InChI=1S/C19H30N6O/c1-5-6-7-16-21-18(26-23-16)13-24-8-10-25(11-9-24)17-12-15(4)20-19(22-17)14(2)3/h12,14H,5-11,13H2,1-4H3. The lowest BCUT2D eigenvalue weighted by Gasteiger charge is -2.34. The fourth-order valence-corrected chi connectivity index (χ4v) is 3.11. The summed E-state index contributed by atoms with van der Waals surface area (Å²) in [7, 11) is 0. The van der Waals surface area contributed by atoms with Crippen LogP contribution < -0.4 is 4.90 Å². The van der Waals surface area contributed by atoms with Crippen molar-refractivity contribution in [2.24, 2.45) is 0 Å². The summed E-state index contributed by atoms with van der Waals surface area (Å²) in [5, 5.41) is 4.08. The summed E-state index contributed by atoms with van der Waals surface area (Å²) < 4.78 is 5.40. The van der Waals surface area contributed by atoms with E-state index in [1.165, 1.54) is 0 Å². The number of hydrogen-bond donors (Lipinski definition) is 0. The summed E-state index contributed by atoms with van der Waals surface area (Å²) in [5.74, 6) is 3.87. The molecule has 2 aromatic rings. The summed E-state index contributed by atoms with van der Waals surface area (Å²) >= 11 is 0. The first-order chi connectivity index (χ1) is 12.5. The lowest BCUT2D eigenvalue weighted by Crippen LogP contribution is -2.46. The number of hydrogen-bond acceptors (Lipinski definition) is 7. The van der Waals surface area contributed by atoms with Gasteiger partial charge < -0.3 is 9.42 Å². The van der Waals surface area contributed by atoms with Crippen LogP contribution in [0.15, 0.2) is 10.6 Å². The number of piperazine rings is 1. The summed E-state index contributed by atoms with van der Waals surface area (Å²) in [5.41, 5.74) is 1.03. The molecule has 1 aliphatic heterocycles. The van der Waals surface area contributed by atoms with E-state index >= 15 is 0 Å². The molecule has 0 bridgehead atoms. The maximum atomic E-state index is 5.40. The number of aryl methyl sites for hydroxylation is 2. The molecule has 1 aliphatic rings. The van der Waals surface area contributed by atoms with Gasteiger partial charge in [0.25, 0.3) is 0 Å². The molecule has 0 radical (unpaired) electrons. The molecule has 0 aromatic carbocycles. The van der Waals surface area contributed by atoms with E-state index in [1.807, 2.05) is 6.92 Å². The van der Waals surface area contributed by atoms with E-state index < -0.39 is 0 Å². The number of rotatable bonds is 7. The zero-order valence-electron chi connectivity index (χ0n) is 16.4. The van der Waals surface area contributed by atoms with Gasteiger partial charge in [-0.25, -0.2) is 9.97 Å². The highest BCUT2D eigenvalue weighted by atomic mass is 16.5. The number of unbranched alkanes of at least 4 members (excludes halogenated alkanes) is 1. The van der Waals surface area contributed by atoms with E-state index in [0.29, 0.717) is 5.92 Å². The Morgan fingerprint density at radius 1 is 1.12 bits per heavy atom. The van der Waals surface area contributed by atoms with Gasteiger partial charge in [-0.3, -0.25) is 4.90 Å². The Kier molecular flexibility index (Phi) is 6.19. The summed E-state index contributed by atoms with van der Waals surface area (Å²) in [6, 6.07) is 2.08. The zero-order valence-corrected chi connectivity index (χ0v) is 16.4. The molecular weight excluding hydrogens is 328 g/mol. The fraction of sp³-hybridized carbons (Fsp3) is 0.684. The molecule has 0 amide bonds. The van der Waals surface area contributed by atoms with Crippen molar-refractivity contribution in [2.45, 2.75) is 59.4 Å². The van der Waals surface area contributed by atoms with Crippen molar-refractivity contribution in [1.82, 2.24) is 25.0 Å². The molecule has 3 heterocycles. The smallest absolute Gasteiger partial charge is 0.240 e. The minimum Gasteiger partial charge on any atom is -0.354 e. The second kappa shape index (κ2) is 8.58. The molecule has 7 heteroatoms. The van der Waals surface area contributed by atoms with Gasteiger partial charge in [-0.1, -0.05) is 32.3 Å². The van der Waals surface area contributed by atoms with Crippen molar-refractivity contribution in [3.63, 3.8) is 0 Å². The van der Waals surface area contributed by atoms with E-state index in [0.717, 1.165) is 81.0 Å². The largest absolute Gasteiger partial charge is 0.354 e. The first-order valence-electron chi connectivity index (χ1n) is 9.69.